The molecule has 1 heterocycles. The second-order valence-electron chi connectivity index (χ2n) is 7.23. The van der Waals surface area contributed by atoms with Crippen LogP contribution in [-0.4, -0.2) is 62.1 Å². The Bertz CT molecular complexity index is 875. The van der Waals surface area contributed by atoms with Crippen molar-refractivity contribution in [1.82, 2.24) is 9.80 Å². The monoisotopic (exact) mass is 408 g/mol. The van der Waals surface area contributed by atoms with E-state index in [0.29, 0.717) is 25.1 Å². The van der Waals surface area contributed by atoms with Crippen LogP contribution in [0.5, 0.6) is 5.75 Å². The van der Waals surface area contributed by atoms with Crippen molar-refractivity contribution in [2.45, 2.75) is 13.0 Å². The molecule has 0 N–H and O–H groups in total. The van der Waals surface area contributed by atoms with E-state index in [2.05, 4.69) is 17.1 Å². The molecule has 0 saturated carbocycles. The fraction of sp³-hybridized carbons (Fsp3) is 0.333. The largest absolute Gasteiger partial charge is 0.497 e. The minimum absolute atomic E-state index is 0.161. The molecule has 3 rings (SSSR count). The molecular weight excluding hydrogens is 380 g/mol. The molecule has 1 aliphatic heterocycles. The van der Waals surface area contributed by atoms with Crippen LogP contribution in [0, 0.1) is 0 Å². The third-order valence-electron chi connectivity index (χ3n) is 5.22. The third kappa shape index (κ3) is 5.94. The second-order valence-corrected chi connectivity index (χ2v) is 7.23. The van der Waals surface area contributed by atoms with Crippen molar-refractivity contribution < 1.29 is 19.1 Å². The van der Waals surface area contributed by atoms with Gasteiger partial charge in [0.25, 0.3) is 0 Å². The number of rotatable bonds is 7. The zero-order valence-corrected chi connectivity index (χ0v) is 17.5. The summed E-state index contributed by atoms with van der Waals surface area (Å²) in [4.78, 5) is 28.3. The number of nitrogens with zero attached hydrogens (tertiary/aromatic N) is 2. The Morgan fingerprint density at radius 1 is 1.00 bits per heavy atom. The summed E-state index contributed by atoms with van der Waals surface area (Å²) in [5.74, 6) is 0.651. The fourth-order valence-corrected chi connectivity index (χ4v) is 3.40. The summed E-state index contributed by atoms with van der Waals surface area (Å²) in [7, 11) is 3.02. The number of carbonyl (C=O) groups excluding carboxylic acids is 2. The minimum Gasteiger partial charge on any atom is -0.497 e. The second kappa shape index (κ2) is 10.6. The predicted molar refractivity (Wildman–Crippen MR) is 116 cm³/mol. The average Bonchev–Trinajstić information content (AvgIpc) is 2.96. The first-order valence-electron chi connectivity index (χ1n) is 10.1. The van der Waals surface area contributed by atoms with Crippen molar-refractivity contribution in [1.29, 1.82) is 0 Å². The topological polar surface area (TPSA) is 59.1 Å². The molecule has 6 nitrogen and oxygen atoms in total. The van der Waals surface area contributed by atoms with Crippen LogP contribution in [0.15, 0.2) is 54.6 Å². The molecule has 1 aliphatic rings. The van der Waals surface area contributed by atoms with E-state index in [-0.39, 0.29) is 11.9 Å². The lowest BCUT2D eigenvalue weighted by Gasteiger charge is -2.21. The van der Waals surface area contributed by atoms with Gasteiger partial charge in [-0.1, -0.05) is 36.4 Å². The highest BCUT2D eigenvalue weighted by atomic mass is 16.5. The quantitative estimate of drug-likeness (QED) is 0.659. The Hall–Kier alpha value is -3.12. The highest BCUT2D eigenvalue weighted by Gasteiger charge is 2.20. The molecule has 1 fully saturated rings. The van der Waals surface area contributed by atoms with Crippen LogP contribution in [-0.2, 0) is 16.1 Å². The van der Waals surface area contributed by atoms with Gasteiger partial charge in [0.15, 0.2) is 0 Å². The molecule has 30 heavy (non-hydrogen) atoms. The van der Waals surface area contributed by atoms with Gasteiger partial charge in [-0.25, -0.2) is 4.79 Å². The molecule has 1 saturated heterocycles. The van der Waals surface area contributed by atoms with Crippen LogP contribution in [0.1, 0.15) is 27.9 Å². The molecule has 0 spiro atoms. The van der Waals surface area contributed by atoms with Crippen LogP contribution >= 0.6 is 0 Å². The van der Waals surface area contributed by atoms with E-state index < -0.39 is 0 Å². The summed E-state index contributed by atoms with van der Waals surface area (Å²) in [6.45, 7) is 3.63. The van der Waals surface area contributed by atoms with Crippen LogP contribution in [0.4, 0.5) is 0 Å². The summed E-state index contributed by atoms with van der Waals surface area (Å²) >= 11 is 0. The van der Waals surface area contributed by atoms with Gasteiger partial charge in [0.1, 0.15) is 5.75 Å². The molecule has 0 aliphatic carbocycles. The maximum Gasteiger partial charge on any atom is 0.337 e. The summed E-state index contributed by atoms with van der Waals surface area (Å²) < 4.78 is 9.90. The van der Waals surface area contributed by atoms with Crippen molar-refractivity contribution in [3.8, 4) is 5.75 Å². The summed E-state index contributed by atoms with van der Waals surface area (Å²) in [6, 6.07) is 15.2. The Balaban J connectivity index is 1.51. The van der Waals surface area contributed by atoms with Gasteiger partial charge in [-0.15, -0.1) is 0 Å². The number of carbonyl (C=O) groups is 2. The van der Waals surface area contributed by atoms with E-state index in [1.807, 2.05) is 41.3 Å². The minimum atomic E-state index is -0.356. The highest BCUT2D eigenvalue weighted by molar-refractivity contribution is 5.89. The lowest BCUT2D eigenvalue weighted by molar-refractivity contribution is -0.130. The number of benzene rings is 2. The van der Waals surface area contributed by atoms with Gasteiger partial charge in [-0.05, 0) is 35.4 Å². The summed E-state index contributed by atoms with van der Waals surface area (Å²) in [6.07, 6.45) is 4.73. The lowest BCUT2D eigenvalue weighted by atomic mass is 10.1. The van der Waals surface area contributed by atoms with E-state index in [1.54, 1.807) is 19.2 Å². The van der Waals surface area contributed by atoms with E-state index in [4.69, 9.17) is 9.47 Å². The highest BCUT2D eigenvalue weighted by Crippen LogP contribution is 2.14. The first-order chi connectivity index (χ1) is 14.6. The predicted octanol–water partition coefficient (Wildman–Crippen LogP) is 3.23. The van der Waals surface area contributed by atoms with E-state index in [0.717, 1.165) is 36.5 Å². The summed E-state index contributed by atoms with van der Waals surface area (Å²) in [5.41, 5.74) is 2.64. The molecular formula is C24H28N2O4. The molecule has 0 atom stereocenters. The van der Waals surface area contributed by atoms with Gasteiger partial charge in [0.05, 0.1) is 19.8 Å². The first kappa shape index (κ1) is 21.6. The normalized spacial score (nSPS) is 15.3. The molecule has 1 amide bonds. The average molecular weight is 408 g/mol. The van der Waals surface area contributed by atoms with Gasteiger partial charge in [0.2, 0.25) is 5.91 Å². The Morgan fingerprint density at radius 2 is 1.73 bits per heavy atom. The number of hydrogen-bond acceptors (Lipinski definition) is 5. The molecule has 2 aromatic rings. The molecule has 0 radical (unpaired) electrons. The van der Waals surface area contributed by atoms with Crippen molar-refractivity contribution in [2.24, 2.45) is 0 Å². The van der Waals surface area contributed by atoms with Crippen LogP contribution in [0.2, 0.25) is 0 Å². The first-order valence-corrected chi connectivity index (χ1v) is 10.1. The van der Waals surface area contributed by atoms with Crippen molar-refractivity contribution in [3.63, 3.8) is 0 Å². The van der Waals surface area contributed by atoms with Crippen LogP contribution < -0.4 is 4.74 Å². The smallest absolute Gasteiger partial charge is 0.337 e. The van der Waals surface area contributed by atoms with Gasteiger partial charge in [0, 0.05) is 39.1 Å². The van der Waals surface area contributed by atoms with Gasteiger partial charge in [-0.3, -0.25) is 9.69 Å². The maximum absolute atomic E-state index is 12.5. The summed E-state index contributed by atoms with van der Waals surface area (Å²) in [5, 5.41) is 0. The van der Waals surface area contributed by atoms with Crippen molar-refractivity contribution >= 4 is 18.0 Å². The zero-order valence-electron chi connectivity index (χ0n) is 17.5. The van der Waals surface area contributed by atoms with Gasteiger partial charge < -0.3 is 14.4 Å². The van der Waals surface area contributed by atoms with E-state index >= 15 is 0 Å². The van der Waals surface area contributed by atoms with Gasteiger partial charge >= 0.3 is 5.97 Å². The molecule has 0 aromatic heterocycles. The molecule has 0 unspecified atom stereocenters. The van der Waals surface area contributed by atoms with Crippen molar-refractivity contribution in [2.75, 3.05) is 40.4 Å². The standard InChI is InChI=1S/C24H28N2O4/c1-29-22-11-7-19(8-12-22)4-3-14-25-15-13-23(27)26(17-16-25)18-20-5-9-21(10-6-20)24(28)30-2/h3-12H,13-18H2,1-2H3/b4-3+. The fourth-order valence-electron chi connectivity index (χ4n) is 3.40. The SMILES string of the molecule is COC(=O)c1ccc(CN2CCN(C/C=C/c3ccc(OC)cc3)CCC2=O)cc1. The number of esters is 1. The number of amides is 1. The molecule has 2 aromatic carbocycles. The lowest BCUT2D eigenvalue weighted by Crippen LogP contribution is -2.32. The van der Waals surface area contributed by atoms with Crippen molar-refractivity contribution in [3.05, 3.63) is 71.3 Å². The van der Waals surface area contributed by atoms with Crippen LogP contribution in [0.3, 0.4) is 0 Å². The number of methoxy groups -OCH3 is 2. The number of hydrogen-bond donors (Lipinski definition) is 0. The Labute approximate surface area is 177 Å². The number of ether oxygens (including phenoxy) is 2. The third-order valence-corrected chi connectivity index (χ3v) is 5.22. The maximum atomic E-state index is 12.5. The molecule has 6 heteroatoms. The Morgan fingerprint density at radius 3 is 2.40 bits per heavy atom. The van der Waals surface area contributed by atoms with E-state index in [1.165, 1.54) is 7.11 Å². The zero-order chi connectivity index (χ0) is 21.3. The Kier molecular flexibility index (Phi) is 7.63. The van der Waals surface area contributed by atoms with Gasteiger partial charge in [-0.2, -0.15) is 0 Å². The van der Waals surface area contributed by atoms with Crippen LogP contribution in [0.25, 0.3) is 6.08 Å². The van der Waals surface area contributed by atoms with E-state index in [9.17, 15) is 9.59 Å². The molecule has 0 bridgehead atoms. The molecule has 158 valence electrons.